The molecule has 0 atom stereocenters. The topological polar surface area (TPSA) is 3.24 Å². The van der Waals surface area contributed by atoms with Gasteiger partial charge in [0.1, 0.15) is 0 Å². The Labute approximate surface area is 91.0 Å². The van der Waals surface area contributed by atoms with Gasteiger partial charge in [0.2, 0.25) is 0 Å². The van der Waals surface area contributed by atoms with Crippen LogP contribution in [0.1, 0.15) is 6.42 Å². The molecule has 0 radical (unpaired) electrons. The fraction of sp³-hybridized carbons (Fsp3) is 0.143. The summed E-state index contributed by atoms with van der Waals surface area (Å²) < 4.78 is 0. The fourth-order valence-electron chi connectivity index (χ4n) is 1.62. The predicted octanol–water partition coefficient (Wildman–Crippen LogP) is 3.52. The van der Waals surface area contributed by atoms with Gasteiger partial charge in [-0.25, -0.2) is 0 Å². The van der Waals surface area contributed by atoms with Crippen LogP contribution in [-0.4, -0.2) is 7.05 Å². The van der Waals surface area contributed by atoms with Gasteiger partial charge in [-0.2, -0.15) is 0 Å². The van der Waals surface area contributed by atoms with Crippen molar-refractivity contribution < 1.29 is 0 Å². The monoisotopic (exact) mass is 197 g/mol. The van der Waals surface area contributed by atoms with Crippen LogP contribution in [0.2, 0.25) is 0 Å². The lowest BCUT2D eigenvalue weighted by atomic mass is 10.2. The van der Waals surface area contributed by atoms with Crippen molar-refractivity contribution in [3.63, 3.8) is 0 Å². The van der Waals surface area contributed by atoms with E-state index in [9.17, 15) is 0 Å². The van der Waals surface area contributed by atoms with E-state index in [1.807, 2.05) is 6.07 Å². The number of benzene rings is 1. The van der Waals surface area contributed by atoms with E-state index in [0.717, 1.165) is 6.42 Å². The zero-order valence-corrected chi connectivity index (χ0v) is 8.93. The summed E-state index contributed by atoms with van der Waals surface area (Å²) in [6.45, 7) is 0. The Morgan fingerprint density at radius 2 is 1.87 bits per heavy atom. The third-order valence-electron chi connectivity index (χ3n) is 2.51. The summed E-state index contributed by atoms with van der Waals surface area (Å²) >= 11 is 0. The first-order valence-corrected chi connectivity index (χ1v) is 5.20. The van der Waals surface area contributed by atoms with E-state index in [1.165, 1.54) is 11.4 Å². The molecule has 2 rings (SSSR count). The number of hydrogen-bond acceptors (Lipinski definition) is 1. The van der Waals surface area contributed by atoms with E-state index in [4.69, 9.17) is 0 Å². The molecule has 1 aliphatic rings. The smallest absolute Gasteiger partial charge is 0.0407 e. The molecule has 76 valence electrons. The van der Waals surface area contributed by atoms with E-state index in [-0.39, 0.29) is 0 Å². The normalized spacial score (nSPS) is 14.6. The van der Waals surface area contributed by atoms with Crippen LogP contribution in [0.4, 0.5) is 5.69 Å². The quantitative estimate of drug-likeness (QED) is 0.701. The summed E-state index contributed by atoms with van der Waals surface area (Å²) in [4.78, 5) is 2.20. The Bertz CT molecular complexity index is 399. The van der Waals surface area contributed by atoms with E-state index in [0.29, 0.717) is 0 Å². The molecular weight excluding hydrogens is 182 g/mol. The summed E-state index contributed by atoms with van der Waals surface area (Å²) in [6.07, 6.45) is 11.7. The maximum absolute atomic E-state index is 2.23. The molecule has 1 aromatic carbocycles. The molecule has 0 bridgehead atoms. The molecule has 0 amide bonds. The largest absolute Gasteiger partial charge is 0.345 e. The van der Waals surface area contributed by atoms with Gasteiger partial charge in [-0.05, 0) is 24.6 Å². The van der Waals surface area contributed by atoms with Gasteiger partial charge in [0.25, 0.3) is 0 Å². The molecule has 1 aliphatic carbocycles. The fourth-order valence-corrected chi connectivity index (χ4v) is 1.62. The lowest BCUT2D eigenvalue weighted by Crippen LogP contribution is -2.14. The number of hydrogen-bond donors (Lipinski definition) is 0. The van der Waals surface area contributed by atoms with E-state index >= 15 is 0 Å². The van der Waals surface area contributed by atoms with Crippen LogP contribution in [-0.2, 0) is 0 Å². The van der Waals surface area contributed by atoms with E-state index < -0.39 is 0 Å². The summed E-state index contributed by atoms with van der Waals surface area (Å²) in [6, 6.07) is 10.4. The van der Waals surface area contributed by atoms with Gasteiger partial charge in [-0.15, -0.1) is 0 Å². The molecule has 1 nitrogen and oxygen atoms in total. The third kappa shape index (κ3) is 2.38. The number of rotatable bonds is 2. The molecule has 0 spiro atoms. The second-order valence-corrected chi connectivity index (χ2v) is 3.55. The lowest BCUT2D eigenvalue weighted by Gasteiger charge is -2.20. The number of nitrogens with zero attached hydrogens (tertiary/aromatic N) is 1. The van der Waals surface area contributed by atoms with Crippen molar-refractivity contribution >= 4 is 5.69 Å². The maximum atomic E-state index is 2.23. The van der Waals surface area contributed by atoms with Crippen LogP contribution in [0, 0.1) is 0 Å². The van der Waals surface area contributed by atoms with Gasteiger partial charge in [-0.1, -0.05) is 42.5 Å². The van der Waals surface area contributed by atoms with Crippen molar-refractivity contribution in [3.8, 4) is 0 Å². The standard InChI is InChI=1S/C14H15N/c1-15(14-11-7-4-8-12-14)13-9-5-2-3-6-10-13/h2-5,7-12H,6H2,1H3. The lowest BCUT2D eigenvalue weighted by molar-refractivity contribution is 1.12. The first-order chi connectivity index (χ1) is 7.38. The van der Waals surface area contributed by atoms with Crippen LogP contribution < -0.4 is 4.90 Å². The zero-order chi connectivity index (χ0) is 10.5. The average Bonchev–Trinajstić information content (AvgIpc) is 2.58. The molecule has 0 saturated heterocycles. The Morgan fingerprint density at radius 1 is 1.07 bits per heavy atom. The van der Waals surface area contributed by atoms with Crippen molar-refractivity contribution in [2.75, 3.05) is 11.9 Å². The first-order valence-electron chi connectivity index (χ1n) is 5.20. The molecule has 1 aromatic rings. The zero-order valence-electron chi connectivity index (χ0n) is 8.93. The minimum atomic E-state index is 1.000. The molecule has 0 unspecified atom stereocenters. The highest BCUT2D eigenvalue weighted by atomic mass is 15.1. The Kier molecular flexibility index (Phi) is 3.03. The minimum Gasteiger partial charge on any atom is -0.345 e. The molecule has 0 aliphatic heterocycles. The van der Waals surface area contributed by atoms with Gasteiger partial charge in [0, 0.05) is 18.4 Å². The van der Waals surface area contributed by atoms with Crippen LogP contribution >= 0.6 is 0 Å². The molecule has 0 heterocycles. The van der Waals surface area contributed by atoms with Gasteiger partial charge in [0.05, 0.1) is 0 Å². The Balaban J connectivity index is 2.21. The van der Waals surface area contributed by atoms with Gasteiger partial charge < -0.3 is 4.90 Å². The summed E-state index contributed by atoms with van der Waals surface area (Å²) in [5.41, 5.74) is 2.46. The van der Waals surface area contributed by atoms with Crippen LogP contribution in [0.5, 0.6) is 0 Å². The summed E-state index contributed by atoms with van der Waals surface area (Å²) in [5.74, 6) is 0. The molecule has 0 fully saturated rings. The maximum Gasteiger partial charge on any atom is 0.0407 e. The SMILES string of the molecule is CN(C1=CCC=CC=C1)c1ccccc1. The number of allylic oxidation sites excluding steroid dienone is 5. The number of anilines is 1. The third-order valence-corrected chi connectivity index (χ3v) is 2.51. The Morgan fingerprint density at radius 3 is 2.67 bits per heavy atom. The second-order valence-electron chi connectivity index (χ2n) is 3.55. The van der Waals surface area contributed by atoms with E-state index in [1.54, 1.807) is 0 Å². The van der Waals surface area contributed by atoms with E-state index in [2.05, 4.69) is 66.6 Å². The highest BCUT2D eigenvalue weighted by molar-refractivity contribution is 5.54. The molecule has 0 saturated carbocycles. The van der Waals surface area contributed by atoms with Gasteiger partial charge in [0.15, 0.2) is 0 Å². The second kappa shape index (κ2) is 4.65. The van der Waals surface area contributed by atoms with Crippen molar-refractivity contribution in [2.45, 2.75) is 6.42 Å². The number of para-hydroxylation sites is 1. The van der Waals surface area contributed by atoms with Crippen molar-refractivity contribution in [3.05, 3.63) is 66.4 Å². The molecule has 15 heavy (non-hydrogen) atoms. The van der Waals surface area contributed by atoms with Crippen LogP contribution in [0.15, 0.2) is 66.4 Å². The Hall–Kier alpha value is -1.76. The first kappa shape index (κ1) is 9.78. The minimum absolute atomic E-state index is 1.000. The van der Waals surface area contributed by atoms with Gasteiger partial charge in [-0.3, -0.25) is 0 Å². The van der Waals surface area contributed by atoms with Crippen LogP contribution in [0.25, 0.3) is 0 Å². The van der Waals surface area contributed by atoms with Gasteiger partial charge >= 0.3 is 0 Å². The number of likely N-dealkylation sites (N-methyl/N-ethyl adjacent to an activating group) is 1. The highest BCUT2D eigenvalue weighted by Gasteiger charge is 2.03. The van der Waals surface area contributed by atoms with Crippen molar-refractivity contribution in [2.24, 2.45) is 0 Å². The van der Waals surface area contributed by atoms with Crippen molar-refractivity contribution in [1.82, 2.24) is 0 Å². The molecule has 0 N–H and O–H groups in total. The van der Waals surface area contributed by atoms with Crippen molar-refractivity contribution in [1.29, 1.82) is 0 Å². The van der Waals surface area contributed by atoms with Crippen LogP contribution in [0.3, 0.4) is 0 Å². The average molecular weight is 197 g/mol. The molecule has 1 heteroatoms. The molecular formula is C14H15N. The predicted molar refractivity (Wildman–Crippen MR) is 65.8 cm³/mol. The molecule has 0 aromatic heterocycles. The highest BCUT2D eigenvalue weighted by Crippen LogP contribution is 2.18. The summed E-state index contributed by atoms with van der Waals surface area (Å²) in [7, 11) is 2.09. The summed E-state index contributed by atoms with van der Waals surface area (Å²) in [5, 5.41) is 0.